The van der Waals surface area contributed by atoms with E-state index in [0.717, 1.165) is 16.3 Å². The van der Waals surface area contributed by atoms with Crippen molar-refractivity contribution in [3.05, 3.63) is 108 Å². The monoisotopic (exact) mass is 477 g/mol. The maximum absolute atomic E-state index is 13.1. The molecule has 2 aliphatic rings. The van der Waals surface area contributed by atoms with Gasteiger partial charge in [0.25, 0.3) is 0 Å². The number of likely N-dealkylation sites (tertiary alicyclic amines) is 1. The normalized spacial score (nSPS) is 16.4. The predicted octanol–water partition coefficient (Wildman–Crippen LogP) is 6.21. The largest absolute Gasteiger partial charge is 0.481 e. The number of ether oxygens (including phenoxy) is 1. The molecular weight excluding hydrogens is 450 g/mol. The SMILES string of the molecule is O=C(OCC1c2ccccc2-c2ccccc21)N1CCC(C(=O)O)(c2cccc3ccccc23)CC1. The first-order chi connectivity index (χ1) is 17.6. The molecule has 0 unspecified atom stereocenters. The van der Waals surface area contributed by atoms with Gasteiger partial charge in [0.05, 0.1) is 5.41 Å². The summed E-state index contributed by atoms with van der Waals surface area (Å²) in [7, 11) is 0. The number of carbonyl (C=O) groups is 2. The van der Waals surface area contributed by atoms with Gasteiger partial charge < -0.3 is 14.7 Å². The van der Waals surface area contributed by atoms with E-state index in [9.17, 15) is 14.7 Å². The predicted molar refractivity (Wildman–Crippen MR) is 139 cm³/mol. The molecular formula is C31H27NO4. The molecule has 0 aromatic heterocycles. The first kappa shape index (κ1) is 22.4. The molecule has 0 radical (unpaired) electrons. The average molecular weight is 478 g/mol. The molecule has 180 valence electrons. The third-order valence-corrected chi connectivity index (χ3v) is 7.93. The van der Waals surface area contributed by atoms with E-state index in [1.807, 2.05) is 66.7 Å². The molecule has 0 saturated carbocycles. The number of amides is 1. The van der Waals surface area contributed by atoms with Crippen LogP contribution in [0, 0.1) is 0 Å². The quantitative estimate of drug-likeness (QED) is 0.380. The lowest BCUT2D eigenvalue weighted by Crippen LogP contribution is -2.49. The second kappa shape index (κ2) is 8.83. The summed E-state index contributed by atoms with van der Waals surface area (Å²) in [6.45, 7) is 0.940. The van der Waals surface area contributed by atoms with Gasteiger partial charge in [-0.2, -0.15) is 0 Å². The third kappa shape index (κ3) is 3.54. The molecule has 6 rings (SSSR count). The minimum absolute atomic E-state index is 0.0000611. The van der Waals surface area contributed by atoms with Crippen molar-refractivity contribution in [2.24, 2.45) is 0 Å². The first-order valence-corrected chi connectivity index (χ1v) is 12.4. The highest BCUT2D eigenvalue weighted by atomic mass is 16.6. The molecule has 36 heavy (non-hydrogen) atoms. The van der Waals surface area contributed by atoms with Gasteiger partial charge in [0, 0.05) is 19.0 Å². The molecule has 1 amide bonds. The van der Waals surface area contributed by atoms with E-state index in [1.165, 1.54) is 22.3 Å². The van der Waals surface area contributed by atoms with E-state index in [4.69, 9.17) is 4.74 Å². The molecule has 5 heteroatoms. The van der Waals surface area contributed by atoms with Crippen molar-refractivity contribution in [1.29, 1.82) is 0 Å². The number of nitrogens with zero attached hydrogens (tertiary/aromatic N) is 1. The minimum Gasteiger partial charge on any atom is -0.481 e. The lowest BCUT2D eigenvalue weighted by molar-refractivity contribution is -0.145. The Bertz CT molecular complexity index is 1420. The molecule has 1 N–H and O–H groups in total. The fourth-order valence-electron chi connectivity index (χ4n) is 6.00. The van der Waals surface area contributed by atoms with Crippen LogP contribution < -0.4 is 0 Å². The maximum atomic E-state index is 13.1. The highest BCUT2D eigenvalue weighted by Crippen LogP contribution is 2.45. The Balaban J connectivity index is 1.18. The second-order valence-corrected chi connectivity index (χ2v) is 9.71. The fourth-order valence-corrected chi connectivity index (χ4v) is 6.00. The highest BCUT2D eigenvalue weighted by Gasteiger charge is 2.45. The number of carbonyl (C=O) groups excluding carboxylic acids is 1. The molecule has 4 aromatic carbocycles. The zero-order valence-corrected chi connectivity index (χ0v) is 19.9. The van der Waals surface area contributed by atoms with Gasteiger partial charge in [0.1, 0.15) is 6.61 Å². The molecule has 1 aliphatic heterocycles. The van der Waals surface area contributed by atoms with Crippen molar-refractivity contribution in [3.63, 3.8) is 0 Å². The van der Waals surface area contributed by atoms with Crippen LogP contribution in [-0.4, -0.2) is 41.8 Å². The highest BCUT2D eigenvalue weighted by molar-refractivity contribution is 5.93. The maximum Gasteiger partial charge on any atom is 0.409 e. The average Bonchev–Trinajstić information content (AvgIpc) is 3.25. The van der Waals surface area contributed by atoms with Crippen LogP contribution in [0.25, 0.3) is 21.9 Å². The summed E-state index contributed by atoms with van der Waals surface area (Å²) in [5.74, 6) is -0.842. The standard InChI is InChI=1S/C31H27NO4/c33-29(34)31(28-15-7-9-21-8-1-2-10-22(21)28)16-18-32(19-17-31)30(35)36-20-27-25-13-5-3-11-23(25)24-12-4-6-14-26(24)27/h1-15,27H,16-20H2,(H,33,34). The summed E-state index contributed by atoms with van der Waals surface area (Å²) >= 11 is 0. The van der Waals surface area contributed by atoms with Crippen LogP contribution in [0.15, 0.2) is 91.0 Å². The molecule has 1 saturated heterocycles. The Hall–Kier alpha value is -4.12. The van der Waals surface area contributed by atoms with Crippen LogP contribution in [0.1, 0.15) is 35.4 Å². The number of carboxylic acids is 1. The molecule has 0 bridgehead atoms. The molecule has 0 spiro atoms. The summed E-state index contributed by atoms with van der Waals surface area (Å²) in [5.41, 5.74) is 4.51. The smallest absolute Gasteiger partial charge is 0.409 e. The summed E-state index contributed by atoms with van der Waals surface area (Å²) in [6, 6.07) is 30.2. The number of piperidine rings is 1. The molecule has 1 aliphatic carbocycles. The number of aliphatic carboxylic acids is 1. The van der Waals surface area contributed by atoms with Crippen molar-refractivity contribution in [3.8, 4) is 11.1 Å². The van der Waals surface area contributed by atoms with Gasteiger partial charge in [-0.15, -0.1) is 0 Å². The minimum atomic E-state index is -1.03. The number of carboxylic acid groups (broad SMARTS) is 1. The number of rotatable bonds is 4. The van der Waals surface area contributed by atoms with Gasteiger partial charge in [0.15, 0.2) is 0 Å². The van der Waals surface area contributed by atoms with Crippen molar-refractivity contribution >= 4 is 22.8 Å². The lowest BCUT2D eigenvalue weighted by Gasteiger charge is -2.39. The van der Waals surface area contributed by atoms with E-state index in [1.54, 1.807) is 4.90 Å². The Kier molecular flexibility index (Phi) is 5.48. The Morgan fingerprint density at radius 2 is 1.39 bits per heavy atom. The van der Waals surface area contributed by atoms with Crippen molar-refractivity contribution in [1.82, 2.24) is 4.90 Å². The Morgan fingerprint density at radius 3 is 2.06 bits per heavy atom. The molecule has 1 fully saturated rings. The summed E-state index contributed by atoms with van der Waals surface area (Å²) < 4.78 is 5.82. The lowest BCUT2D eigenvalue weighted by atomic mass is 9.71. The van der Waals surface area contributed by atoms with Crippen LogP contribution in [0.4, 0.5) is 4.79 Å². The zero-order chi connectivity index (χ0) is 24.7. The Labute approximate surface area is 209 Å². The zero-order valence-electron chi connectivity index (χ0n) is 19.9. The number of fused-ring (bicyclic) bond motifs is 4. The van der Waals surface area contributed by atoms with E-state index < -0.39 is 11.4 Å². The van der Waals surface area contributed by atoms with Gasteiger partial charge in [-0.05, 0) is 51.4 Å². The van der Waals surface area contributed by atoms with Crippen LogP contribution >= 0.6 is 0 Å². The third-order valence-electron chi connectivity index (χ3n) is 7.93. The molecule has 0 atom stereocenters. The van der Waals surface area contributed by atoms with Crippen molar-refractivity contribution < 1.29 is 19.4 Å². The van der Waals surface area contributed by atoms with Gasteiger partial charge in [-0.3, -0.25) is 4.79 Å². The van der Waals surface area contributed by atoms with E-state index in [-0.39, 0.29) is 18.6 Å². The van der Waals surface area contributed by atoms with Gasteiger partial charge >= 0.3 is 12.1 Å². The number of benzene rings is 4. The fraction of sp³-hybridized carbons (Fsp3) is 0.226. The van der Waals surface area contributed by atoms with E-state index in [2.05, 4.69) is 24.3 Å². The van der Waals surface area contributed by atoms with E-state index >= 15 is 0 Å². The Morgan fingerprint density at radius 1 is 0.806 bits per heavy atom. The molecule has 4 aromatic rings. The first-order valence-electron chi connectivity index (χ1n) is 12.4. The van der Waals surface area contributed by atoms with Crippen LogP contribution in [0.2, 0.25) is 0 Å². The van der Waals surface area contributed by atoms with Gasteiger partial charge in [-0.1, -0.05) is 91.0 Å². The summed E-state index contributed by atoms with van der Waals surface area (Å²) in [4.78, 5) is 27.3. The second-order valence-electron chi connectivity index (χ2n) is 9.71. The van der Waals surface area contributed by atoms with Crippen LogP contribution in [-0.2, 0) is 14.9 Å². The number of hydrogen-bond donors (Lipinski definition) is 1. The molecule has 1 heterocycles. The topological polar surface area (TPSA) is 66.8 Å². The van der Waals surface area contributed by atoms with Gasteiger partial charge in [0.2, 0.25) is 0 Å². The van der Waals surface area contributed by atoms with Crippen LogP contribution in [0.3, 0.4) is 0 Å². The summed E-state index contributed by atoms with van der Waals surface area (Å²) in [6.07, 6.45) is 0.315. The van der Waals surface area contributed by atoms with Crippen molar-refractivity contribution in [2.75, 3.05) is 19.7 Å². The molecule has 5 nitrogen and oxygen atoms in total. The van der Waals surface area contributed by atoms with Gasteiger partial charge in [-0.25, -0.2) is 4.79 Å². The van der Waals surface area contributed by atoms with Crippen LogP contribution in [0.5, 0.6) is 0 Å². The van der Waals surface area contributed by atoms with Crippen molar-refractivity contribution in [2.45, 2.75) is 24.2 Å². The summed E-state index contributed by atoms with van der Waals surface area (Å²) in [5, 5.41) is 12.3. The number of hydrogen-bond acceptors (Lipinski definition) is 3. The van der Waals surface area contributed by atoms with E-state index in [0.29, 0.717) is 25.9 Å².